The summed E-state index contributed by atoms with van der Waals surface area (Å²) in [6, 6.07) is 2.00. The van der Waals surface area contributed by atoms with Gasteiger partial charge in [0, 0.05) is 22.4 Å². The number of aliphatic hydroxyl groups excluding tert-OH is 1. The second kappa shape index (κ2) is 5.43. The third-order valence-electron chi connectivity index (χ3n) is 2.39. The monoisotopic (exact) mass is 292 g/mol. The molecule has 0 saturated carbocycles. The fraction of sp³-hybridized carbons (Fsp3) is 0.636. The van der Waals surface area contributed by atoms with E-state index in [-0.39, 0.29) is 0 Å². The van der Waals surface area contributed by atoms with E-state index in [4.69, 9.17) is 4.74 Å². The van der Waals surface area contributed by atoms with Crippen molar-refractivity contribution in [3.63, 3.8) is 0 Å². The van der Waals surface area contributed by atoms with Gasteiger partial charge in [-0.3, -0.25) is 0 Å². The standard InChI is InChI=1S/C11H17BrO2S/c1-4-14-11(2,3)10(13)7-9-8(12)5-6-15-9/h5-6,10,13H,4,7H2,1-3H3. The molecule has 1 unspecified atom stereocenters. The molecule has 0 aliphatic heterocycles. The molecule has 0 fully saturated rings. The van der Waals surface area contributed by atoms with Gasteiger partial charge in [0.05, 0.1) is 11.7 Å². The van der Waals surface area contributed by atoms with Gasteiger partial charge in [0.1, 0.15) is 0 Å². The van der Waals surface area contributed by atoms with Gasteiger partial charge in [-0.15, -0.1) is 11.3 Å². The number of hydrogen-bond acceptors (Lipinski definition) is 3. The number of ether oxygens (including phenoxy) is 1. The third-order valence-corrected chi connectivity index (χ3v) is 4.34. The van der Waals surface area contributed by atoms with Crippen molar-refractivity contribution in [2.45, 2.75) is 38.9 Å². The van der Waals surface area contributed by atoms with E-state index in [1.807, 2.05) is 32.2 Å². The van der Waals surface area contributed by atoms with Crippen LogP contribution in [-0.2, 0) is 11.2 Å². The largest absolute Gasteiger partial charge is 0.390 e. The van der Waals surface area contributed by atoms with E-state index in [0.29, 0.717) is 13.0 Å². The first-order valence-corrected chi connectivity index (χ1v) is 6.68. The molecule has 0 amide bonds. The maximum Gasteiger partial charge on any atom is 0.0887 e. The van der Waals surface area contributed by atoms with Crippen LogP contribution in [0.3, 0.4) is 0 Å². The van der Waals surface area contributed by atoms with E-state index in [1.54, 1.807) is 11.3 Å². The minimum Gasteiger partial charge on any atom is -0.390 e. The SMILES string of the molecule is CCOC(C)(C)C(O)Cc1sccc1Br. The van der Waals surface area contributed by atoms with E-state index in [9.17, 15) is 5.11 Å². The minimum absolute atomic E-state index is 0.479. The van der Waals surface area contributed by atoms with E-state index >= 15 is 0 Å². The highest BCUT2D eigenvalue weighted by molar-refractivity contribution is 9.10. The molecule has 1 rings (SSSR count). The molecule has 86 valence electrons. The number of thiophene rings is 1. The zero-order valence-electron chi connectivity index (χ0n) is 9.29. The summed E-state index contributed by atoms with van der Waals surface area (Å²) in [5.41, 5.74) is -0.488. The first-order chi connectivity index (χ1) is 6.97. The van der Waals surface area contributed by atoms with Crippen molar-refractivity contribution in [1.82, 2.24) is 0 Å². The van der Waals surface area contributed by atoms with Crippen molar-refractivity contribution in [2.75, 3.05) is 6.61 Å². The first kappa shape index (κ1) is 13.2. The smallest absolute Gasteiger partial charge is 0.0887 e. The van der Waals surface area contributed by atoms with Gasteiger partial charge in [-0.05, 0) is 48.1 Å². The minimum atomic E-state index is -0.488. The Bertz CT molecular complexity index is 309. The van der Waals surface area contributed by atoms with Crippen molar-refractivity contribution in [3.8, 4) is 0 Å². The summed E-state index contributed by atoms with van der Waals surface area (Å²) in [4.78, 5) is 1.16. The molecule has 1 heterocycles. The highest BCUT2D eigenvalue weighted by atomic mass is 79.9. The van der Waals surface area contributed by atoms with Gasteiger partial charge in [0.2, 0.25) is 0 Å². The highest BCUT2D eigenvalue weighted by Gasteiger charge is 2.29. The van der Waals surface area contributed by atoms with Gasteiger partial charge in [-0.2, -0.15) is 0 Å². The molecule has 0 spiro atoms. The van der Waals surface area contributed by atoms with E-state index in [1.165, 1.54) is 0 Å². The molecule has 0 aromatic carbocycles. The van der Waals surface area contributed by atoms with Gasteiger partial charge >= 0.3 is 0 Å². The molecule has 2 nitrogen and oxygen atoms in total. The third kappa shape index (κ3) is 3.55. The molecule has 1 aromatic rings. The van der Waals surface area contributed by atoms with Crippen LogP contribution in [0.15, 0.2) is 15.9 Å². The molecule has 0 saturated heterocycles. The molecule has 1 aromatic heterocycles. The molecule has 1 N–H and O–H groups in total. The Hall–Kier alpha value is 0.100. The Kier molecular flexibility index (Phi) is 4.77. The fourth-order valence-electron chi connectivity index (χ4n) is 1.36. The molecule has 1 atom stereocenters. The fourth-order valence-corrected chi connectivity index (χ4v) is 2.91. The first-order valence-electron chi connectivity index (χ1n) is 5.01. The lowest BCUT2D eigenvalue weighted by molar-refractivity contribution is -0.0953. The predicted octanol–water partition coefficient (Wildman–Crippen LogP) is 3.23. The molecule has 0 radical (unpaired) electrons. The summed E-state index contributed by atoms with van der Waals surface area (Å²) in [5, 5.41) is 12.1. The van der Waals surface area contributed by atoms with E-state index < -0.39 is 11.7 Å². The Labute approximate surface area is 103 Å². The molecular formula is C11H17BrO2S. The Morgan fingerprint density at radius 2 is 2.27 bits per heavy atom. The van der Waals surface area contributed by atoms with Crippen molar-refractivity contribution in [3.05, 3.63) is 20.8 Å². The second-order valence-corrected chi connectivity index (χ2v) is 5.80. The van der Waals surface area contributed by atoms with E-state index in [2.05, 4.69) is 15.9 Å². The summed E-state index contributed by atoms with van der Waals surface area (Å²) < 4.78 is 6.59. The van der Waals surface area contributed by atoms with Crippen LogP contribution in [0, 0.1) is 0 Å². The van der Waals surface area contributed by atoms with Crippen LogP contribution >= 0.6 is 27.3 Å². The Morgan fingerprint density at radius 1 is 1.60 bits per heavy atom. The highest BCUT2D eigenvalue weighted by Crippen LogP contribution is 2.27. The quantitative estimate of drug-likeness (QED) is 0.903. The summed E-state index contributed by atoms with van der Waals surface area (Å²) in [6.45, 7) is 6.40. The summed E-state index contributed by atoms with van der Waals surface area (Å²) in [7, 11) is 0. The zero-order valence-corrected chi connectivity index (χ0v) is 11.7. The van der Waals surface area contributed by atoms with Crippen LogP contribution in [-0.4, -0.2) is 23.4 Å². The lowest BCUT2D eigenvalue weighted by Crippen LogP contribution is -2.40. The van der Waals surface area contributed by atoms with Gasteiger partial charge in [-0.1, -0.05) is 0 Å². The average molecular weight is 293 g/mol. The zero-order chi connectivity index (χ0) is 11.5. The number of rotatable bonds is 5. The number of aliphatic hydroxyl groups is 1. The van der Waals surface area contributed by atoms with Gasteiger partial charge < -0.3 is 9.84 Å². The summed E-state index contributed by atoms with van der Waals surface area (Å²) >= 11 is 5.11. The topological polar surface area (TPSA) is 29.5 Å². The number of hydrogen-bond donors (Lipinski definition) is 1. The lowest BCUT2D eigenvalue weighted by Gasteiger charge is -2.30. The second-order valence-electron chi connectivity index (χ2n) is 3.95. The lowest BCUT2D eigenvalue weighted by atomic mass is 9.98. The average Bonchev–Trinajstić information content (AvgIpc) is 2.52. The van der Waals surface area contributed by atoms with Crippen LogP contribution < -0.4 is 0 Å². The number of halogens is 1. The molecule has 0 aliphatic rings. The van der Waals surface area contributed by atoms with Crippen LogP contribution in [0.4, 0.5) is 0 Å². The van der Waals surface area contributed by atoms with Crippen LogP contribution in [0.1, 0.15) is 25.6 Å². The molecule has 0 bridgehead atoms. The van der Waals surface area contributed by atoms with E-state index in [0.717, 1.165) is 9.35 Å². The van der Waals surface area contributed by atoms with Crippen molar-refractivity contribution in [2.24, 2.45) is 0 Å². The molecular weight excluding hydrogens is 276 g/mol. The van der Waals surface area contributed by atoms with Gasteiger partial charge in [0.25, 0.3) is 0 Å². The molecule has 0 aliphatic carbocycles. The van der Waals surface area contributed by atoms with Crippen LogP contribution in [0.25, 0.3) is 0 Å². The summed E-state index contributed by atoms with van der Waals surface area (Å²) in [6.07, 6.45) is 0.151. The summed E-state index contributed by atoms with van der Waals surface area (Å²) in [5.74, 6) is 0. The van der Waals surface area contributed by atoms with Crippen molar-refractivity contribution >= 4 is 27.3 Å². The maximum absolute atomic E-state index is 10.1. The predicted molar refractivity (Wildman–Crippen MR) is 67.4 cm³/mol. The molecule has 4 heteroatoms. The maximum atomic E-state index is 10.1. The van der Waals surface area contributed by atoms with Crippen LogP contribution in [0.5, 0.6) is 0 Å². The molecule has 15 heavy (non-hydrogen) atoms. The van der Waals surface area contributed by atoms with Gasteiger partial charge in [-0.25, -0.2) is 0 Å². The van der Waals surface area contributed by atoms with Crippen LogP contribution in [0.2, 0.25) is 0 Å². The van der Waals surface area contributed by atoms with Gasteiger partial charge in [0.15, 0.2) is 0 Å². The Morgan fingerprint density at radius 3 is 2.73 bits per heavy atom. The van der Waals surface area contributed by atoms with Crippen molar-refractivity contribution < 1.29 is 9.84 Å². The van der Waals surface area contributed by atoms with Crippen molar-refractivity contribution in [1.29, 1.82) is 0 Å². The normalized spacial score (nSPS) is 14.2. The Balaban J connectivity index is 2.63.